The van der Waals surface area contributed by atoms with Crippen LogP contribution in [0.2, 0.25) is 0 Å². The van der Waals surface area contributed by atoms with E-state index in [0.29, 0.717) is 22.6 Å². The van der Waals surface area contributed by atoms with E-state index in [1.807, 2.05) is 25.7 Å². The van der Waals surface area contributed by atoms with Crippen molar-refractivity contribution in [2.45, 2.75) is 71.6 Å². The SMILES string of the molecule is Cc1cc2c(cc1C(=O)N(C(C)C)[C@@H]1CCCNC1)N(CCNC(=O)C(F)F)C(=O)C(C)(C)O2. The molecule has 2 aliphatic rings. The van der Waals surface area contributed by atoms with Crippen molar-refractivity contribution in [2.24, 2.45) is 0 Å². The number of nitrogens with zero attached hydrogens (tertiary/aromatic N) is 2. The quantitative estimate of drug-likeness (QED) is 0.626. The highest BCUT2D eigenvalue weighted by molar-refractivity contribution is 6.05. The zero-order chi connectivity index (χ0) is 25.2. The number of amides is 3. The van der Waals surface area contributed by atoms with E-state index >= 15 is 0 Å². The Bertz CT molecular complexity index is 945. The highest BCUT2D eigenvalue weighted by Crippen LogP contribution is 2.40. The molecule has 1 saturated heterocycles. The molecule has 1 aromatic carbocycles. The predicted molar refractivity (Wildman–Crippen MR) is 124 cm³/mol. The fraction of sp³-hybridized carbons (Fsp3) is 0.625. The lowest BCUT2D eigenvalue weighted by atomic mass is 9.97. The van der Waals surface area contributed by atoms with Gasteiger partial charge in [-0.2, -0.15) is 8.78 Å². The summed E-state index contributed by atoms with van der Waals surface area (Å²) in [6.45, 7) is 10.5. The van der Waals surface area contributed by atoms with Crippen LogP contribution in [0.1, 0.15) is 56.5 Å². The van der Waals surface area contributed by atoms with Crippen LogP contribution in [0.5, 0.6) is 5.75 Å². The molecule has 8 nitrogen and oxygen atoms in total. The molecule has 2 aliphatic heterocycles. The van der Waals surface area contributed by atoms with Crippen LogP contribution in [0.15, 0.2) is 12.1 Å². The molecule has 3 amide bonds. The van der Waals surface area contributed by atoms with E-state index in [1.165, 1.54) is 4.90 Å². The number of fused-ring (bicyclic) bond motifs is 1. The van der Waals surface area contributed by atoms with Gasteiger partial charge in [-0.1, -0.05) is 0 Å². The number of ether oxygens (including phenoxy) is 1. The lowest BCUT2D eigenvalue weighted by molar-refractivity contribution is -0.133. The van der Waals surface area contributed by atoms with Crippen LogP contribution in [0.25, 0.3) is 0 Å². The minimum atomic E-state index is -3.13. The van der Waals surface area contributed by atoms with Gasteiger partial charge < -0.3 is 25.2 Å². The third-order valence-corrected chi connectivity index (χ3v) is 6.24. The topological polar surface area (TPSA) is 91.0 Å². The van der Waals surface area contributed by atoms with Crippen molar-refractivity contribution in [2.75, 3.05) is 31.1 Å². The zero-order valence-electron chi connectivity index (χ0n) is 20.4. The molecule has 1 fully saturated rings. The second kappa shape index (κ2) is 10.2. The number of anilines is 1. The summed E-state index contributed by atoms with van der Waals surface area (Å²) < 4.78 is 31.0. The highest BCUT2D eigenvalue weighted by atomic mass is 19.3. The van der Waals surface area contributed by atoms with Gasteiger partial charge in [0.1, 0.15) is 5.75 Å². The zero-order valence-corrected chi connectivity index (χ0v) is 20.4. The first-order chi connectivity index (χ1) is 15.9. The van der Waals surface area contributed by atoms with Crippen LogP contribution in [-0.4, -0.2) is 72.9 Å². The van der Waals surface area contributed by atoms with Crippen LogP contribution in [0.3, 0.4) is 0 Å². The number of hydrogen-bond donors (Lipinski definition) is 2. The number of hydrogen-bond acceptors (Lipinski definition) is 5. The Morgan fingerprint density at radius 2 is 2.03 bits per heavy atom. The van der Waals surface area contributed by atoms with Gasteiger partial charge in [0.25, 0.3) is 17.7 Å². The highest BCUT2D eigenvalue weighted by Gasteiger charge is 2.42. The Labute approximate surface area is 199 Å². The van der Waals surface area contributed by atoms with E-state index in [9.17, 15) is 23.2 Å². The number of benzene rings is 1. The van der Waals surface area contributed by atoms with E-state index < -0.39 is 17.9 Å². The standard InChI is InChI=1S/C24H34F2N4O4/c1-14(2)30(16-7-6-8-27-13-16)22(32)17-12-18-19(11-15(17)3)34-24(4,5)23(33)29(18)10-9-28-21(31)20(25)26/h11-12,14,16,20,27H,6-10,13H2,1-5H3,(H,28,31)/t16-/m1/s1. The molecule has 2 N–H and O–H groups in total. The molecular formula is C24H34F2N4O4. The molecule has 1 atom stereocenters. The average molecular weight is 481 g/mol. The van der Waals surface area contributed by atoms with Crippen molar-refractivity contribution < 1.29 is 27.9 Å². The maximum absolute atomic E-state index is 13.7. The first-order valence-corrected chi connectivity index (χ1v) is 11.7. The smallest absolute Gasteiger partial charge is 0.315 e. The van der Waals surface area contributed by atoms with Gasteiger partial charge in [-0.15, -0.1) is 0 Å². The van der Waals surface area contributed by atoms with Crippen molar-refractivity contribution in [3.05, 3.63) is 23.3 Å². The Hall–Kier alpha value is -2.75. The van der Waals surface area contributed by atoms with Gasteiger partial charge in [0.2, 0.25) is 0 Å². The second-order valence-corrected chi connectivity index (χ2v) is 9.60. The summed E-state index contributed by atoms with van der Waals surface area (Å²) in [6.07, 6.45) is -1.24. The van der Waals surface area contributed by atoms with Gasteiger partial charge in [0, 0.05) is 37.3 Å². The van der Waals surface area contributed by atoms with Crippen LogP contribution >= 0.6 is 0 Å². The average Bonchev–Trinajstić information content (AvgIpc) is 2.76. The number of alkyl halides is 2. The van der Waals surface area contributed by atoms with Gasteiger partial charge >= 0.3 is 6.43 Å². The molecule has 1 aromatic rings. The van der Waals surface area contributed by atoms with Crippen LogP contribution < -0.4 is 20.3 Å². The van der Waals surface area contributed by atoms with Crippen molar-refractivity contribution in [1.82, 2.24) is 15.5 Å². The number of piperidine rings is 1. The van der Waals surface area contributed by atoms with Gasteiger partial charge in [-0.25, -0.2) is 0 Å². The predicted octanol–water partition coefficient (Wildman–Crippen LogP) is 2.48. The Kier molecular flexibility index (Phi) is 7.80. The van der Waals surface area contributed by atoms with Crippen molar-refractivity contribution in [1.29, 1.82) is 0 Å². The fourth-order valence-electron chi connectivity index (χ4n) is 4.57. The maximum atomic E-state index is 13.7. The molecule has 0 radical (unpaired) electrons. The lowest BCUT2D eigenvalue weighted by Crippen LogP contribution is -2.54. The van der Waals surface area contributed by atoms with Crippen LogP contribution in [0.4, 0.5) is 14.5 Å². The largest absolute Gasteiger partial charge is 0.476 e. The summed E-state index contributed by atoms with van der Waals surface area (Å²) >= 11 is 0. The Balaban J connectivity index is 1.95. The van der Waals surface area contributed by atoms with E-state index in [-0.39, 0.29) is 37.0 Å². The number of rotatable bonds is 7. The van der Waals surface area contributed by atoms with Gasteiger partial charge in [0.05, 0.1) is 5.69 Å². The number of carbonyl (C=O) groups excluding carboxylic acids is 3. The fourth-order valence-corrected chi connectivity index (χ4v) is 4.57. The number of carbonyl (C=O) groups is 3. The molecule has 3 rings (SSSR count). The van der Waals surface area contributed by atoms with E-state index in [1.54, 1.807) is 26.0 Å². The van der Waals surface area contributed by atoms with Crippen molar-refractivity contribution in [3.63, 3.8) is 0 Å². The summed E-state index contributed by atoms with van der Waals surface area (Å²) in [5.74, 6) is -1.49. The summed E-state index contributed by atoms with van der Waals surface area (Å²) in [7, 11) is 0. The lowest BCUT2D eigenvalue weighted by Gasteiger charge is -2.40. The molecule has 10 heteroatoms. The molecule has 188 valence electrons. The van der Waals surface area contributed by atoms with Gasteiger partial charge in [-0.3, -0.25) is 14.4 Å². The maximum Gasteiger partial charge on any atom is 0.315 e. The molecule has 0 aromatic heterocycles. The summed E-state index contributed by atoms with van der Waals surface area (Å²) in [5.41, 5.74) is 0.371. The summed E-state index contributed by atoms with van der Waals surface area (Å²) in [4.78, 5) is 41.4. The van der Waals surface area contributed by atoms with Gasteiger partial charge in [-0.05, 0) is 71.7 Å². The number of aryl methyl sites for hydroxylation is 1. The molecule has 0 saturated carbocycles. The van der Waals surface area contributed by atoms with Gasteiger partial charge in [0.15, 0.2) is 5.60 Å². The minimum absolute atomic E-state index is 0.0229. The molecule has 34 heavy (non-hydrogen) atoms. The normalized spacial score (nSPS) is 19.6. The molecular weight excluding hydrogens is 446 g/mol. The second-order valence-electron chi connectivity index (χ2n) is 9.60. The molecule has 0 spiro atoms. The summed E-state index contributed by atoms with van der Waals surface area (Å²) in [5, 5.41) is 5.48. The van der Waals surface area contributed by atoms with Crippen LogP contribution in [0, 0.1) is 6.92 Å². The van der Waals surface area contributed by atoms with E-state index in [2.05, 4.69) is 10.6 Å². The van der Waals surface area contributed by atoms with E-state index in [4.69, 9.17) is 4.74 Å². The Morgan fingerprint density at radius 3 is 2.62 bits per heavy atom. The molecule has 0 bridgehead atoms. The van der Waals surface area contributed by atoms with E-state index in [0.717, 1.165) is 25.9 Å². The number of nitrogens with one attached hydrogen (secondary N) is 2. The molecule has 0 unspecified atom stereocenters. The third-order valence-electron chi connectivity index (χ3n) is 6.24. The third kappa shape index (κ3) is 5.32. The minimum Gasteiger partial charge on any atom is -0.476 e. The molecule has 0 aliphatic carbocycles. The summed E-state index contributed by atoms with van der Waals surface area (Å²) in [6, 6.07) is 3.42. The first kappa shape index (κ1) is 25.9. The monoisotopic (exact) mass is 480 g/mol. The van der Waals surface area contributed by atoms with Crippen molar-refractivity contribution in [3.8, 4) is 5.75 Å². The first-order valence-electron chi connectivity index (χ1n) is 11.7. The number of halogens is 2. The van der Waals surface area contributed by atoms with Crippen molar-refractivity contribution >= 4 is 23.4 Å². The Morgan fingerprint density at radius 1 is 1.32 bits per heavy atom. The molecule has 2 heterocycles. The van der Waals surface area contributed by atoms with Crippen LogP contribution in [-0.2, 0) is 9.59 Å².